The molecule has 0 bridgehead atoms. The minimum absolute atomic E-state index is 0.262. The fraction of sp³-hybridized carbons (Fsp3) is 0.429. The van der Waals surface area contributed by atoms with E-state index in [-0.39, 0.29) is 11.5 Å². The zero-order valence-electron chi connectivity index (χ0n) is 12.3. The molecule has 0 aliphatic rings. The Labute approximate surface area is 133 Å². The van der Waals surface area contributed by atoms with E-state index in [1.165, 1.54) is 23.1 Å². The third-order valence-electron chi connectivity index (χ3n) is 2.83. The first-order chi connectivity index (χ1) is 9.54. The number of carbonyl (C=O) groups excluding carboxylic acids is 2. The Hall–Kier alpha value is -1.30. The Morgan fingerprint density at radius 2 is 1.67 bits per heavy atom. The lowest BCUT2D eigenvalue weighted by molar-refractivity contribution is -0.141. The molecule has 0 fully saturated rings. The molecular formula is C14H18Cl2N2O3. The zero-order valence-corrected chi connectivity index (χ0v) is 13.8. The van der Waals surface area contributed by atoms with Crippen LogP contribution in [0.2, 0.25) is 10.0 Å². The van der Waals surface area contributed by atoms with E-state index in [2.05, 4.69) is 5.32 Å². The summed E-state index contributed by atoms with van der Waals surface area (Å²) < 4.78 is 0. The van der Waals surface area contributed by atoms with Crippen LogP contribution in [0.4, 0.5) is 0 Å². The van der Waals surface area contributed by atoms with Crippen molar-refractivity contribution >= 4 is 35.0 Å². The smallest absolute Gasteiger partial charge is 0.254 e. The van der Waals surface area contributed by atoms with E-state index in [4.69, 9.17) is 23.2 Å². The summed E-state index contributed by atoms with van der Waals surface area (Å²) in [5.74, 6) is -0.985. The van der Waals surface area contributed by atoms with Gasteiger partial charge in [-0.1, -0.05) is 23.2 Å². The Kier molecular flexibility index (Phi) is 5.61. The van der Waals surface area contributed by atoms with Crippen molar-refractivity contribution in [3.63, 3.8) is 0 Å². The first-order valence-electron chi connectivity index (χ1n) is 6.22. The number of benzene rings is 1. The number of nitrogens with one attached hydrogen (secondary N) is 1. The number of rotatable bonds is 4. The number of nitrogens with zero attached hydrogens (tertiary/aromatic N) is 1. The second-order valence-electron chi connectivity index (χ2n) is 5.42. The Bertz CT molecular complexity index is 539. The molecule has 1 rings (SSSR count). The van der Waals surface area contributed by atoms with Gasteiger partial charge in [-0.05, 0) is 37.6 Å². The van der Waals surface area contributed by atoms with E-state index >= 15 is 0 Å². The van der Waals surface area contributed by atoms with Crippen molar-refractivity contribution in [1.29, 1.82) is 0 Å². The van der Waals surface area contributed by atoms with Crippen LogP contribution in [0.1, 0.15) is 25.5 Å². The number of halogens is 2. The van der Waals surface area contributed by atoms with Gasteiger partial charge >= 0.3 is 0 Å². The summed E-state index contributed by atoms with van der Waals surface area (Å²) in [6.07, 6.45) is -1.46. The highest BCUT2D eigenvalue weighted by molar-refractivity contribution is 6.34. The number of aliphatic hydroxyl groups is 1. The molecule has 1 unspecified atom stereocenters. The van der Waals surface area contributed by atoms with Crippen LogP contribution in [0, 0.1) is 0 Å². The van der Waals surface area contributed by atoms with Gasteiger partial charge < -0.3 is 15.3 Å². The molecule has 0 saturated carbocycles. The largest absolute Gasteiger partial charge is 0.378 e. The van der Waals surface area contributed by atoms with E-state index in [0.717, 1.165) is 0 Å². The van der Waals surface area contributed by atoms with Crippen LogP contribution in [-0.4, -0.2) is 41.5 Å². The van der Waals surface area contributed by atoms with Gasteiger partial charge in [-0.15, -0.1) is 0 Å². The average molecular weight is 333 g/mol. The zero-order chi connectivity index (χ0) is 16.4. The Morgan fingerprint density at radius 1 is 1.19 bits per heavy atom. The van der Waals surface area contributed by atoms with Crippen molar-refractivity contribution in [1.82, 2.24) is 10.2 Å². The van der Waals surface area contributed by atoms with E-state index in [9.17, 15) is 14.7 Å². The highest BCUT2D eigenvalue weighted by atomic mass is 35.5. The van der Waals surface area contributed by atoms with Gasteiger partial charge in [0.1, 0.15) is 5.54 Å². The van der Waals surface area contributed by atoms with Crippen molar-refractivity contribution in [2.75, 3.05) is 14.1 Å². The topological polar surface area (TPSA) is 69.6 Å². The predicted octanol–water partition coefficient (Wildman–Crippen LogP) is 2.01. The van der Waals surface area contributed by atoms with Gasteiger partial charge in [0.2, 0.25) is 5.91 Å². The molecule has 1 atom stereocenters. The quantitative estimate of drug-likeness (QED) is 0.886. The van der Waals surface area contributed by atoms with Crippen molar-refractivity contribution in [2.45, 2.75) is 25.5 Å². The molecular weight excluding hydrogens is 315 g/mol. The SMILES string of the molecule is CN(C)C(=O)C(C)(C)NC(=O)C(O)c1cc(Cl)cc(Cl)c1. The maximum atomic E-state index is 12.1. The van der Waals surface area contributed by atoms with Crippen molar-refractivity contribution in [3.05, 3.63) is 33.8 Å². The van der Waals surface area contributed by atoms with Crippen LogP contribution >= 0.6 is 23.2 Å². The maximum absolute atomic E-state index is 12.1. The van der Waals surface area contributed by atoms with Crippen LogP contribution < -0.4 is 5.32 Å². The summed E-state index contributed by atoms with van der Waals surface area (Å²) in [6.45, 7) is 3.12. The van der Waals surface area contributed by atoms with Crippen molar-refractivity contribution in [2.24, 2.45) is 0 Å². The summed E-state index contributed by atoms with van der Waals surface area (Å²) in [7, 11) is 3.17. The summed E-state index contributed by atoms with van der Waals surface area (Å²) >= 11 is 11.7. The van der Waals surface area contributed by atoms with E-state index in [0.29, 0.717) is 10.0 Å². The molecule has 21 heavy (non-hydrogen) atoms. The van der Waals surface area contributed by atoms with Crippen LogP contribution in [-0.2, 0) is 9.59 Å². The van der Waals surface area contributed by atoms with Gasteiger partial charge in [0.05, 0.1) is 0 Å². The van der Waals surface area contributed by atoms with Gasteiger partial charge in [0.25, 0.3) is 5.91 Å². The molecule has 0 aliphatic heterocycles. The van der Waals surface area contributed by atoms with Gasteiger partial charge in [-0.2, -0.15) is 0 Å². The molecule has 0 heterocycles. The minimum Gasteiger partial charge on any atom is -0.378 e. The number of likely N-dealkylation sites (N-methyl/N-ethyl adjacent to an activating group) is 1. The number of aliphatic hydroxyl groups excluding tert-OH is 1. The summed E-state index contributed by atoms with van der Waals surface area (Å²) in [4.78, 5) is 25.4. The lowest BCUT2D eigenvalue weighted by Gasteiger charge is -2.29. The van der Waals surface area contributed by atoms with Crippen LogP contribution in [0.25, 0.3) is 0 Å². The Morgan fingerprint density at radius 3 is 2.10 bits per heavy atom. The summed E-state index contributed by atoms with van der Waals surface area (Å²) in [5.41, 5.74) is -0.873. The average Bonchev–Trinajstić information content (AvgIpc) is 2.34. The molecule has 0 aromatic heterocycles. The second kappa shape index (κ2) is 6.64. The molecule has 5 nitrogen and oxygen atoms in total. The molecule has 0 saturated heterocycles. The minimum atomic E-state index is -1.46. The monoisotopic (exact) mass is 332 g/mol. The number of amides is 2. The lowest BCUT2D eigenvalue weighted by atomic mass is 10.0. The van der Waals surface area contributed by atoms with Gasteiger partial charge in [0, 0.05) is 24.1 Å². The fourth-order valence-corrected chi connectivity index (χ4v) is 2.42. The van der Waals surface area contributed by atoms with Crippen LogP contribution in [0.5, 0.6) is 0 Å². The van der Waals surface area contributed by atoms with E-state index in [1.807, 2.05) is 0 Å². The number of hydrogen-bond donors (Lipinski definition) is 2. The van der Waals surface area contributed by atoms with Gasteiger partial charge in [-0.3, -0.25) is 9.59 Å². The van der Waals surface area contributed by atoms with Crippen molar-refractivity contribution < 1.29 is 14.7 Å². The predicted molar refractivity (Wildman–Crippen MR) is 82.3 cm³/mol. The maximum Gasteiger partial charge on any atom is 0.254 e. The van der Waals surface area contributed by atoms with Crippen molar-refractivity contribution in [3.8, 4) is 0 Å². The molecule has 1 aromatic rings. The third kappa shape index (κ3) is 4.59. The van der Waals surface area contributed by atoms with E-state index < -0.39 is 17.6 Å². The molecule has 0 spiro atoms. The van der Waals surface area contributed by atoms with Crippen LogP contribution in [0.3, 0.4) is 0 Å². The van der Waals surface area contributed by atoms with Crippen LogP contribution in [0.15, 0.2) is 18.2 Å². The van der Waals surface area contributed by atoms with Gasteiger partial charge in [0.15, 0.2) is 6.10 Å². The van der Waals surface area contributed by atoms with Gasteiger partial charge in [-0.25, -0.2) is 0 Å². The normalized spacial score (nSPS) is 12.7. The standard InChI is InChI=1S/C14H18Cl2N2O3/c1-14(2,13(21)18(3)4)17-12(20)11(19)8-5-9(15)7-10(16)6-8/h5-7,11,19H,1-4H3,(H,17,20). The summed E-state index contributed by atoms with van der Waals surface area (Å²) in [5, 5.41) is 13.2. The lowest BCUT2D eigenvalue weighted by Crippen LogP contribution is -2.55. The highest BCUT2D eigenvalue weighted by Gasteiger charge is 2.33. The van der Waals surface area contributed by atoms with E-state index in [1.54, 1.807) is 27.9 Å². The molecule has 2 amide bonds. The second-order valence-corrected chi connectivity index (χ2v) is 6.29. The molecule has 7 heteroatoms. The molecule has 1 aromatic carbocycles. The highest BCUT2D eigenvalue weighted by Crippen LogP contribution is 2.24. The summed E-state index contributed by atoms with van der Waals surface area (Å²) in [6, 6.07) is 4.38. The molecule has 116 valence electrons. The molecule has 0 aliphatic carbocycles. The molecule has 0 radical (unpaired) electrons. The molecule has 2 N–H and O–H groups in total. The Balaban J connectivity index is 2.91. The third-order valence-corrected chi connectivity index (χ3v) is 3.26. The first kappa shape index (κ1) is 17.8. The fourth-order valence-electron chi connectivity index (χ4n) is 1.87. The number of carbonyl (C=O) groups is 2. The number of hydrogen-bond acceptors (Lipinski definition) is 3. The first-order valence-corrected chi connectivity index (χ1v) is 6.98.